The molecule has 0 spiro atoms. The van der Waals surface area contributed by atoms with Crippen molar-refractivity contribution in [3.8, 4) is 0 Å². The Labute approximate surface area is 68.0 Å². The maximum absolute atomic E-state index is 12.1. The zero-order valence-corrected chi connectivity index (χ0v) is 8.20. The summed E-state index contributed by atoms with van der Waals surface area (Å²) in [5.41, 5.74) is -0.154. The van der Waals surface area contributed by atoms with E-state index in [0.717, 1.165) is 0 Å². The van der Waals surface area contributed by atoms with Crippen molar-refractivity contribution in [2.45, 2.75) is 27.7 Å². The average molecular weight is 182 g/mol. The van der Waals surface area contributed by atoms with Crippen LogP contribution in [0.15, 0.2) is 0 Å². The quantitative estimate of drug-likeness (QED) is 0.612. The summed E-state index contributed by atoms with van der Waals surface area (Å²) in [6.45, 7) is 7.41. The Bertz CT molecular complexity index is 213. The van der Waals surface area contributed by atoms with Gasteiger partial charge < -0.3 is 0 Å². The largest absolute Gasteiger partial charge is 0.302 e. The van der Waals surface area contributed by atoms with Crippen molar-refractivity contribution in [1.82, 2.24) is 0 Å². The normalized spacial score (nSPS) is 16.5. The number of rotatable bonds is 2. The molecule has 0 fully saturated rings. The standard InChI is InChI=1S/C7H15FO2S/c1-6(7(2,3)4)5-11(8,9)10/h6H,5H2,1-4H3. The summed E-state index contributed by atoms with van der Waals surface area (Å²) in [5, 5.41) is 0. The highest BCUT2D eigenvalue weighted by atomic mass is 32.3. The average Bonchev–Trinajstić information content (AvgIpc) is 1.56. The molecule has 0 aromatic rings. The van der Waals surface area contributed by atoms with Gasteiger partial charge in [-0.25, -0.2) is 0 Å². The Kier molecular flexibility index (Phi) is 3.06. The van der Waals surface area contributed by atoms with Crippen LogP contribution in [-0.2, 0) is 10.2 Å². The van der Waals surface area contributed by atoms with Crippen LogP contribution in [-0.4, -0.2) is 14.2 Å². The summed E-state index contributed by atoms with van der Waals surface area (Å²) in [5.74, 6) is -0.534. The maximum Gasteiger partial charge on any atom is 0.302 e. The minimum Gasteiger partial charge on any atom is -0.195 e. The molecule has 0 radical (unpaired) electrons. The number of hydrogen-bond donors (Lipinski definition) is 0. The van der Waals surface area contributed by atoms with Crippen LogP contribution >= 0.6 is 0 Å². The Balaban J connectivity index is 4.21. The third kappa shape index (κ3) is 5.18. The molecule has 11 heavy (non-hydrogen) atoms. The lowest BCUT2D eigenvalue weighted by Gasteiger charge is -2.25. The van der Waals surface area contributed by atoms with Gasteiger partial charge in [0, 0.05) is 0 Å². The van der Waals surface area contributed by atoms with Gasteiger partial charge in [-0.3, -0.25) is 0 Å². The molecule has 0 aliphatic rings. The molecule has 0 saturated heterocycles. The fraction of sp³-hybridized carbons (Fsp3) is 1.00. The van der Waals surface area contributed by atoms with Gasteiger partial charge in [0.05, 0.1) is 5.75 Å². The Morgan fingerprint density at radius 1 is 1.36 bits per heavy atom. The maximum atomic E-state index is 12.1. The molecule has 0 aliphatic carbocycles. The van der Waals surface area contributed by atoms with Crippen LogP contribution in [0.3, 0.4) is 0 Å². The van der Waals surface area contributed by atoms with E-state index in [1.165, 1.54) is 0 Å². The van der Waals surface area contributed by atoms with E-state index >= 15 is 0 Å². The van der Waals surface area contributed by atoms with Gasteiger partial charge in [-0.15, -0.1) is 3.89 Å². The molecule has 0 N–H and O–H groups in total. The summed E-state index contributed by atoms with van der Waals surface area (Å²) in [6.07, 6.45) is 0. The van der Waals surface area contributed by atoms with E-state index in [4.69, 9.17) is 0 Å². The molecular formula is C7H15FO2S. The minimum absolute atomic E-state index is 0.154. The second kappa shape index (κ2) is 3.09. The smallest absolute Gasteiger partial charge is 0.195 e. The molecule has 0 rings (SSSR count). The highest BCUT2D eigenvalue weighted by molar-refractivity contribution is 7.86. The van der Waals surface area contributed by atoms with E-state index in [2.05, 4.69) is 0 Å². The van der Waals surface area contributed by atoms with Crippen LogP contribution in [0.4, 0.5) is 3.89 Å². The van der Waals surface area contributed by atoms with Gasteiger partial charge >= 0.3 is 10.2 Å². The number of halogens is 1. The summed E-state index contributed by atoms with van der Waals surface area (Å²) in [7, 11) is -4.31. The van der Waals surface area contributed by atoms with Crippen molar-refractivity contribution in [3.63, 3.8) is 0 Å². The first-order valence-electron chi connectivity index (χ1n) is 3.55. The van der Waals surface area contributed by atoms with E-state index in [1.54, 1.807) is 6.92 Å². The van der Waals surface area contributed by atoms with Crippen molar-refractivity contribution < 1.29 is 12.3 Å². The molecule has 0 aromatic heterocycles. The van der Waals surface area contributed by atoms with E-state index < -0.39 is 10.2 Å². The van der Waals surface area contributed by atoms with Gasteiger partial charge in [0.15, 0.2) is 0 Å². The summed E-state index contributed by atoms with van der Waals surface area (Å²) >= 11 is 0. The molecule has 0 aliphatic heterocycles. The Morgan fingerprint density at radius 3 is 1.82 bits per heavy atom. The highest BCUT2D eigenvalue weighted by Crippen LogP contribution is 2.26. The monoisotopic (exact) mass is 182 g/mol. The van der Waals surface area contributed by atoms with Gasteiger partial charge in [-0.1, -0.05) is 27.7 Å². The molecule has 0 saturated carbocycles. The van der Waals surface area contributed by atoms with Crippen LogP contribution in [0.5, 0.6) is 0 Å². The lowest BCUT2D eigenvalue weighted by atomic mass is 9.83. The van der Waals surface area contributed by atoms with Gasteiger partial charge in [0.2, 0.25) is 0 Å². The summed E-state index contributed by atoms with van der Waals surface area (Å²) in [4.78, 5) is 0. The molecular weight excluding hydrogens is 167 g/mol. The Hall–Kier alpha value is -0.120. The van der Waals surface area contributed by atoms with Crippen LogP contribution in [0.2, 0.25) is 0 Å². The second-order valence-electron chi connectivity index (χ2n) is 3.97. The first-order valence-corrected chi connectivity index (χ1v) is 5.10. The van der Waals surface area contributed by atoms with Crippen molar-refractivity contribution in [3.05, 3.63) is 0 Å². The molecule has 4 heteroatoms. The summed E-state index contributed by atoms with van der Waals surface area (Å²) < 4.78 is 32.6. The molecule has 2 nitrogen and oxygen atoms in total. The molecule has 0 aromatic carbocycles. The van der Waals surface area contributed by atoms with Crippen molar-refractivity contribution in [2.75, 3.05) is 5.75 Å². The van der Waals surface area contributed by atoms with E-state index in [0.29, 0.717) is 0 Å². The van der Waals surface area contributed by atoms with Crippen LogP contribution < -0.4 is 0 Å². The molecule has 1 unspecified atom stereocenters. The molecule has 0 amide bonds. The molecule has 0 heterocycles. The lowest BCUT2D eigenvalue weighted by molar-refractivity contribution is 0.283. The first-order chi connectivity index (χ1) is 4.63. The van der Waals surface area contributed by atoms with Gasteiger partial charge in [-0.05, 0) is 11.3 Å². The van der Waals surface area contributed by atoms with Crippen LogP contribution in [0, 0.1) is 11.3 Å². The first kappa shape index (κ1) is 10.9. The second-order valence-corrected chi connectivity index (χ2v) is 5.38. The SMILES string of the molecule is CC(CS(=O)(=O)F)C(C)(C)C. The minimum atomic E-state index is -4.31. The zero-order valence-electron chi connectivity index (χ0n) is 7.39. The Morgan fingerprint density at radius 2 is 1.73 bits per heavy atom. The fourth-order valence-electron chi connectivity index (χ4n) is 0.549. The molecule has 68 valence electrons. The number of hydrogen-bond acceptors (Lipinski definition) is 2. The lowest BCUT2D eigenvalue weighted by Crippen LogP contribution is -2.23. The van der Waals surface area contributed by atoms with Crippen molar-refractivity contribution >= 4 is 10.2 Å². The van der Waals surface area contributed by atoms with Gasteiger partial charge in [0.25, 0.3) is 0 Å². The van der Waals surface area contributed by atoms with Crippen molar-refractivity contribution in [1.29, 1.82) is 0 Å². The van der Waals surface area contributed by atoms with E-state index in [1.807, 2.05) is 20.8 Å². The van der Waals surface area contributed by atoms with Crippen LogP contribution in [0.1, 0.15) is 27.7 Å². The topological polar surface area (TPSA) is 34.1 Å². The van der Waals surface area contributed by atoms with Gasteiger partial charge in [0.1, 0.15) is 0 Å². The highest BCUT2D eigenvalue weighted by Gasteiger charge is 2.25. The van der Waals surface area contributed by atoms with Gasteiger partial charge in [-0.2, -0.15) is 8.42 Å². The van der Waals surface area contributed by atoms with E-state index in [-0.39, 0.29) is 17.1 Å². The van der Waals surface area contributed by atoms with Crippen LogP contribution in [0.25, 0.3) is 0 Å². The molecule has 1 atom stereocenters. The third-order valence-electron chi connectivity index (χ3n) is 1.93. The third-order valence-corrected chi connectivity index (χ3v) is 2.83. The van der Waals surface area contributed by atoms with Crippen molar-refractivity contribution in [2.24, 2.45) is 11.3 Å². The zero-order chi connectivity index (χ0) is 9.28. The molecule has 0 bridgehead atoms. The van der Waals surface area contributed by atoms with E-state index in [9.17, 15) is 12.3 Å². The fourth-order valence-corrected chi connectivity index (χ4v) is 1.65. The predicted molar refractivity (Wildman–Crippen MR) is 43.5 cm³/mol. The summed E-state index contributed by atoms with van der Waals surface area (Å²) in [6, 6.07) is 0. The predicted octanol–water partition coefficient (Wildman–Crippen LogP) is 1.97.